The van der Waals surface area contributed by atoms with Crippen molar-refractivity contribution in [2.45, 2.75) is 29.7 Å². The Morgan fingerprint density at radius 3 is 2.31 bits per heavy atom. The van der Waals surface area contributed by atoms with Crippen molar-refractivity contribution in [1.29, 1.82) is 0 Å². The summed E-state index contributed by atoms with van der Waals surface area (Å²) in [5, 5.41) is 2.46. The van der Waals surface area contributed by atoms with E-state index in [2.05, 4.69) is 5.32 Å². The number of halogens is 1. The molecule has 3 amide bonds. The number of thioether (sulfide) groups is 1. The van der Waals surface area contributed by atoms with Gasteiger partial charge in [-0.15, -0.1) is 0 Å². The van der Waals surface area contributed by atoms with Crippen LogP contribution in [-0.4, -0.2) is 27.5 Å². The number of carbonyl (C=O) groups excluding carboxylic acids is 3. The van der Waals surface area contributed by atoms with Gasteiger partial charge in [-0.3, -0.25) is 23.7 Å². The molecule has 0 saturated carbocycles. The summed E-state index contributed by atoms with van der Waals surface area (Å²) in [7, 11) is 0. The van der Waals surface area contributed by atoms with Crippen molar-refractivity contribution in [3.8, 4) is 0 Å². The first-order valence-electron chi connectivity index (χ1n) is 12.3. The number of benzene rings is 3. The third-order valence-electron chi connectivity index (χ3n) is 6.93. The minimum absolute atomic E-state index is 0.246. The molecular formula is C29H22FN3O4S2. The van der Waals surface area contributed by atoms with Crippen molar-refractivity contribution in [3.63, 3.8) is 0 Å². The molecule has 0 radical (unpaired) electrons. The minimum atomic E-state index is -0.807. The first-order chi connectivity index (χ1) is 18.8. The van der Waals surface area contributed by atoms with Crippen LogP contribution in [0.2, 0.25) is 0 Å². The van der Waals surface area contributed by atoms with Gasteiger partial charge in [0, 0.05) is 16.5 Å². The third-order valence-corrected chi connectivity index (χ3v) is 9.53. The van der Waals surface area contributed by atoms with Crippen LogP contribution in [0.25, 0.3) is 0 Å². The van der Waals surface area contributed by atoms with Crippen molar-refractivity contribution in [3.05, 3.63) is 110 Å². The number of carbonyl (C=O) groups is 3. The highest BCUT2D eigenvalue weighted by Crippen LogP contribution is 2.53. The number of rotatable bonds is 5. The summed E-state index contributed by atoms with van der Waals surface area (Å²) in [6.07, 6.45) is 0. The first kappa shape index (κ1) is 25.3. The Morgan fingerprint density at radius 2 is 1.62 bits per heavy atom. The van der Waals surface area contributed by atoms with Crippen LogP contribution >= 0.6 is 23.1 Å². The molecule has 0 aliphatic carbocycles. The van der Waals surface area contributed by atoms with E-state index in [4.69, 9.17) is 0 Å². The van der Waals surface area contributed by atoms with Crippen LogP contribution in [0.3, 0.4) is 0 Å². The highest BCUT2D eigenvalue weighted by atomic mass is 32.2. The van der Waals surface area contributed by atoms with Gasteiger partial charge in [-0.1, -0.05) is 71.1 Å². The maximum atomic E-state index is 13.8. The van der Waals surface area contributed by atoms with Gasteiger partial charge in [-0.05, 0) is 48.9 Å². The molecule has 4 aromatic rings. The van der Waals surface area contributed by atoms with Crippen LogP contribution in [0.4, 0.5) is 15.8 Å². The topological polar surface area (TPSA) is 88.5 Å². The largest absolute Gasteiger partial charge is 0.325 e. The lowest BCUT2D eigenvalue weighted by atomic mass is 9.83. The summed E-state index contributed by atoms with van der Waals surface area (Å²) in [5.74, 6) is -2.99. The number of para-hydroxylation sites is 1. The molecule has 0 spiro atoms. The molecule has 3 atom stereocenters. The summed E-state index contributed by atoms with van der Waals surface area (Å²) in [6.45, 7) is 1.67. The van der Waals surface area contributed by atoms with Gasteiger partial charge < -0.3 is 5.32 Å². The van der Waals surface area contributed by atoms with Crippen molar-refractivity contribution in [2.24, 2.45) is 5.92 Å². The van der Waals surface area contributed by atoms with Gasteiger partial charge in [0.1, 0.15) is 17.6 Å². The number of nitrogens with zero attached hydrogens (tertiary/aromatic N) is 2. The van der Waals surface area contributed by atoms with E-state index < -0.39 is 22.9 Å². The number of amides is 3. The molecule has 3 aromatic carbocycles. The van der Waals surface area contributed by atoms with Crippen LogP contribution in [-0.2, 0) is 20.9 Å². The van der Waals surface area contributed by atoms with Crippen molar-refractivity contribution >= 4 is 52.2 Å². The summed E-state index contributed by atoms with van der Waals surface area (Å²) < 4.78 is 15.2. The summed E-state index contributed by atoms with van der Waals surface area (Å²) in [5.41, 5.74) is 2.70. The summed E-state index contributed by atoms with van der Waals surface area (Å²) in [6, 6.07) is 21.8. The number of hydrogen-bond donors (Lipinski definition) is 1. The van der Waals surface area contributed by atoms with E-state index >= 15 is 0 Å². The van der Waals surface area contributed by atoms with Crippen LogP contribution in [0.1, 0.15) is 21.9 Å². The SMILES string of the molecule is Cc1ccc(N2C(=O)C3Sc4c(sc(=O)n4CC(=O)Nc4ccccc4)[C@H](c4ccc(F)cc4)C3C2=O)cc1. The molecule has 1 aromatic heterocycles. The highest BCUT2D eigenvalue weighted by molar-refractivity contribution is 8.00. The van der Waals surface area contributed by atoms with E-state index in [1.807, 2.05) is 25.1 Å². The Balaban J connectivity index is 1.42. The molecule has 196 valence electrons. The number of thiazole rings is 1. The average molecular weight is 560 g/mol. The molecule has 39 heavy (non-hydrogen) atoms. The standard InChI is InChI=1S/C29H22FN3O4S2/c1-16-7-13-20(14-8-16)33-26(35)23-22(17-9-11-18(30)12-10-17)25-28(38-24(23)27(33)36)32(29(37)39-25)15-21(34)31-19-5-3-2-4-6-19/h2-14,22-24H,15H2,1H3,(H,31,34)/t22-,23?,24?/m1/s1. The monoisotopic (exact) mass is 559 g/mol. The van der Waals surface area contributed by atoms with E-state index in [9.17, 15) is 23.6 Å². The molecule has 1 fully saturated rings. The predicted octanol–water partition coefficient (Wildman–Crippen LogP) is 4.79. The van der Waals surface area contributed by atoms with E-state index in [1.54, 1.807) is 48.5 Å². The number of anilines is 2. The van der Waals surface area contributed by atoms with Crippen molar-refractivity contribution < 1.29 is 18.8 Å². The Bertz CT molecular complexity index is 1650. The highest BCUT2D eigenvalue weighted by Gasteiger charge is 2.56. The lowest BCUT2D eigenvalue weighted by Crippen LogP contribution is -2.33. The van der Waals surface area contributed by atoms with Gasteiger partial charge in [0.05, 0.1) is 16.6 Å². The molecule has 1 N–H and O–H groups in total. The van der Waals surface area contributed by atoms with Gasteiger partial charge in [0.2, 0.25) is 17.7 Å². The molecular weight excluding hydrogens is 537 g/mol. The maximum Gasteiger partial charge on any atom is 0.308 e. The van der Waals surface area contributed by atoms with E-state index in [0.717, 1.165) is 28.7 Å². The molecule has 2 aliphatic heterocycles. The summed E-state index contributed by atoms with van der Waals surface area (Å²) >= 11 is 2.10. The summed E-state index contributed by atoms with van der Waals surface area (Å²) in [4.78, 5) is 55.0. The zero-order valence-electron chi connectivity index (χ0n) is 20.7. The second-order valence-corrected chi connectivity index (χ2v) is 11.6. The number of nitrogens with one attached hydrogen (secondary N) is 1. The molecule has 7 nitrogen and oxygen atoms in total. The zero-order chi connectivity index (χ0) is 27.3. The van der Waals surface area contributed by atoms with Gasteiger partial charge in [0.15, 0.2) is 0 Å². The van der Waals surface area contributed by atoms with Crippen molar-refractivity contribution in [1.82, 2.24) is 4.57 Å². The normalized spacial score (nSPS) is 20.1. The van der Waals surface area contributed by atoms with Crippen LogP contribution in [0.5, 0.6) is 0 Å². The van der Waals surface area contributed by atoms with Crippen LogP contribution in [0.15, 0.2) is 88.7 Å². The Morgan fingerprint density at radius 1 is 0.923 bits per heavy atom. The fourth-order valence-electron chi connectivity index (χ4n) is 5.10. The number of aromatic nitrogens is 1. The van der Waals surface area contributed by atoms with Gasteiger partial charge >= 0.3 is 4.87 Å². The average Bonchev–Trinajstić information content (AvgIpc) is 3.36. The lowest BCUT2D eigenvalue weighted by Gasteiger charge is -2.30. The number of imide groups is 1. The number of hydrogen-bond acceptors (Lipinski definition) is 6. The fraction of sp³-hybridized carbons (Fsp3) is 0.172. The Labute approximate surface area is 231 Å². The van der Waals surface area contributed by atoms with E-state index in [-0.39, 0.29) is 29.1 Å². The van der Waals surface area contributed by atoms with Crippen LogP contribution < -0.4 is 15.1 Å². The molecule has 0 bridgehead atoms. The van der Waals surface area contributed by atoms with E-state index in [1.165, 1.54) is 21.6 Å². The zero-order valence-corrected chi connectivity index (χ0v) is 22.3. The minimum Gasteiger partial charge on any atom is -0.325 e. The molecule has 1 saturated heterocycles. The number of fused-ring (bicyclic) bond motifs is 2. The van der Waals surface area contributed by atoms with Gasteiger partial charge in [-0.25, -0.2) is 9.29 Å². The van der Waals surface area contributed by atoms with Crippen molar-refractivity contribution in [2.75, 3.05) is 10.2 Å². The van der Waals surface area contributed by atoms with Gasteiger partial charge in [0.25, 0.3) is 0 Å². The predicted molar refractivity (Wildman–Crippen MR) is 149 cm³/mol. The molecule has 3 heterocycles. The molecule has 10 heteroatoms. The Kier molecular flexibility index (Phi) is 6.44. The molecule has 6 rings (SSSR count). The first-order valence-corrected chi connectivity index (χ1v) is 14.0. The van der Waals surface area contributed by atoms with Crippen LogP contribution in [0, 0.1) is 18.7 Å². The quantitative estimate of drug-likeness (QED) is 0.355. The third kappa shape index (κ3) is 4.49. The smallest absolute Gasteiger partial charge is 0.308 e. The second-order valence-electron chi connectivity index (χ2n) is 9.48. The fourth-order valence-corrected chi connectivity index (χ4v) is 7.87. The second kappa shape index (κ2) is 9.94. The van der Waals surface area contributed by atoms with Gasteiger partial charge in [-0.2, -0.15) is 0 Å². The molecule has 2 unspecified atom stereocenters. The Hall–Kier alpha value is -4.02. The molecule has 2 aliphatic rings. The lowest BCUT2D eigenvalue weighted by molar-refractivity contribution is -0.122. The van der Waals surface area contributed by atoms with E-state index in [0.29, 0.717) is 26.8 Å². The maximum absolute atomic E-state index is 13.8. The number of aryl methyl sites for hydroxylation is 1.